The normalized spacial score (nSPS) is 11.5. The number of ether oxygens (including phenoxy) is 1. The van der Waals surface area contributed by atoms with Crippen molar-refractivity contribution in [1.29, 1.82) is 0 Å². The van der Waals surface area contributed by atoms with E-state index in [2.05, 4.69) is 48.5 Å². The Balaban J connectivity index is 2.38. The molecule has 0 unspecified atom stereocenters. The third-order valence-electron chi connectivity index (χ3n) is 2.76. The Labute approximate surface area is 113 Å². The number of rotatable bonds is 6. The summed E-state index contributed by atoms with van der Waals surface area (Å²) in [5, 5.41) is 0. The highest BCUT2D eigenvalue weighted by molar-refractivity contribution is 9.10. The summed E-state index contributed by atoms with van der Waals surface area (Å²) < 4.78 is 6.81. The maximum atomic E-state index is 5.73. The standard InChI is InChI=1S/C14H22BrNO/c1-11(2)16(12(3)4)9-10-17-14-7-5-13(15)6-8-14/h5-8,11-12H,9-10H2,1-4H3. The molecule has 0 saturated heterocycles. The van der Waals surface area contributed by atoms with Crippen molar-refractivity contribution >= 4 is 15.9 Å². The smallest absolute Gasteiger partial charge is 0.119 e. The topological polar surface area (TPSA) is 12.5 Å². The van der Waals surface area contributed by atoms with E-state index in [-0.39, 0.29) is 0 Å². The predicted octanol–water partition coefficient (Wildman–Crippen LogP) is 3.95. The van der Waals surface area contributed by atoms with Gasteiger partial charge in [0.05, 0.1) is 0 Å². The van der Waals surface area contributed by atoms with E-state index in [4.69, 9.17) is 4.74 Å². The highest BCUT2D eigenvalue weighted by Gasteiger charge is 2.12. The Bertz CT molecular complexity index is 313. The summed E-state index contributed by atoms with van der Waals surface area (Å²) in [6.07, 6.45) is 0. The lowest BCUT2D eigenvalue weighted by molar-refractivity contribution is 0.142. The van der Waals surface area contributed by atoms with Crippen molar-refractivity contribution < 1.29 is 4.74 Å². The fourth-order valence-electron chi connectivity index (χ4n) is 1.91. The molecule has 96 valence electrons. The van der Waals surface area contributed by atoms with Crippen LogP contribution in [0.25, 0.3) is 0 Å². The summed E-state index contributed by atoms with van der Waals surface area (Å²) in [4.78, 5) is 2.43. The SMILES string of the molecule is CC(C)N(CCOc1ccc(Br)cc1)C(C)C. The van der Waals surface area contributed by atoms with Gasteiger partial charge in [-0.3, -0.25) is 4.90 Å². The molecule has 0 N–H and O–H groups in total. The third kappa shape index (κ3) is 5.09. The van der Waals surface area contributed by atoms with Crippen LogP contribution in [-0.4, -0.2) is 30.1 Å². The van der Waals surface area contributed by atoms with Gasteiger partial charge in [0.2, 0.25) is 0 Å². The molecular weight excluding hydrogens is 278 g/mol. The summed E-state index contributed by atoms with van der Waals surface area (Å²) in [5.41, 5.74) is 0. The molecule has 0 heterocycles. The zero-order valence-corrected chi connectivity index (χ0v) is 12.7. The lowest BCUT2D eigenvalue weighted by Crippen LogP contribution is -2.39. The number of hydrogen-bond donors (Lipinski definition) is 0. The molecule has 2 nitrogen and oxygen atoms in total. The van der Waals surface area contributed by atoms with E-state index in [1.54, 1.807) is 0 Å². The van der Waals surface area contributed by atoms with Crippen molar-refractivity contribution in [3.63, 3.8) is 0 Å². The first-order valence-electron chi connectivity index (χ1n) is 6.15. The van der Waals surface area contributed by atoms with Crippen LogP contribution in [0.2, 0.25) is 0 Å². The predicted molar refractivity (Wildman–Crippen MR) is 76.6 cm³/mol. The van der Waals surface area contributed by atoms with Crippen molar-refractivity contribution in [2.75, 3.05) is 13.2 Å². The van der Waals surface area contributed by atoms with Crippen LogP contribution in [-0.2, 0) is 0 Å². The lowest BCUT2D eigenvalue weighted by Gasteiger charge is -2.30. The molecule has 0 bridgehead atoms. The van der Waals surface area contributed by atoms with Crippen molar-refractivity contribution in [2.45, 2.75) is 39.8 Å². The van der Waals surface area contributed by atoms with Crippen molar-refractivity contribution in [3.8, 4) is 5.75 Å². The molecule has 0 amide bonds. The first-order valence-corrected chi connectivity index (χ1v) is 6.94. The molecule has 0 aromatic heterocycles. The van der Waals surface area contributed by atoms with E-state index >= 15 is 0 Å². The van der Waals surface area contributed by atoms with E-state index in [9.17, 15) is 0 Å². The van der Waals surface area contributed by atoms with Gasteiger partial charge in [0, 0.05) is 23.1 Å². The first kappa shape index (κ1) is 14.5. The van der Waals surface area contributed by atoms with Gasteiger partial charge in [-0.1, -0.05) is 15.9 Å². The molecular formula is C14H22BrNO. The molecule has 0 aliphatic carbocycles. The third-order valence-corrected chi connectivity index (χ3v) is 3.29. The van der Waals surface area contributed by atoms with Gasteiger partial charge in [0.1, 0.15) is 12.4 Å². The molecule has 0 aliphatic heterocycles. The van der Waals surface area contributed by atoms with Crippen LogP contribution in [0.15, 0.2) is 28.7 Å². The van der Waals surface area contributed by atoms with Crippen molar-refractivity contribution in [3.05, 3.63) is 28.7 Å². The van der Waals surface area contributed by atoms with Crippen LogP contribution in [0.4, 0.5) is 0 Å². The maximum Gasteiger partial charge on any atom is 0.119 e. The van der Waals surface area contributed by atoms with E-state index in [0.29, 0.717) is 12.1 Å². The molecule has 0 atom stereocenters. The zero-order valence-electron chi connectivity index (χ0n) is 11.1. The average molecular weight is 300 g/mol. The number of nitrogens with zero attached hydrogens (tertiary/aromatic N) is 1. The molecule has 0 radical (unpaired) electrons. The summed E-state index contributed by atoms with van der Waals surface area (Å²) >= 11 is 3.41. The molecule has 17 heavy (non-hydrogen) atoms. The van der Waals surface area contributed by atoms with Gasteiger partial charge in [-0.05, 0) is 52.0 Å². The summed E-state index contributed by atoms with van der Waals surface area (Å²) in [6.45, 7) is 10.6. The summed E-state index contributed by atoms with van der Waals surface area (Å²) in [5.74, 6) is 0.931. The van der Waals surface area contributed by atoms with Crippen LogP contribution in [0, 0.1) is 0 Å². The second-order valence-corrected chi connectivity index (χ2v) is 5.64. The van der Waals surface area contributed by atoms with Crippen LogP contribution in [0.5, 0.6) is 5.75 Å². The van der Waals surface area contributed by atoms with Gasteiger partial charge in [-0.25, -0.2) is 0 Å². The van der Waals surface area contributed by atoms with Gasteiger partial charge in [0.15, 0.2) is 0 Å². The molecule has 1 aromatic carbocycles. The quantitative estimate of drug-likeness (QED) is 0.789. The number of halogens is 1. The van der Waals surface area contributed by atoms with Gasteiger partial charge in [-0.15, -0.1) is 0 Å². The average Bonchev–Trinajstić information content (AvgIpc) is 2.25. The summed E-state index contributed by atoms with van der Waals surface area (Å²) in [6, 6.07) is 9.08. The first-order chi connectivity index (χ1) is 8.00. The molecule has 0 saturated carbocycles. The van der Waals surface area contributed by atoms with Crippen LogP contribution in [0.1, 0.15) is 27.7 Å². The fraction of sp³-hybridized carbons (Fsp3) is 0.571. The van der Waals surface area contributed by atoms with Gasteiger partial charge < -0.3 is 4.74 Å². The Kier molecular flexibility index (Phi) is 6.00. The van der Waals surface area contributed by atoms with Crippen LogP contribution >= 0.6 is 15.9 Å². The van der Waals surface area contributed by atoms with Gasteiger partial charge in [-0.2, -0.15) is 0 Å². The maximum absolute atomic E-state index is 5.73. The van der Waals surface area contributed by atoms with E-state index < -0.39 is 0 Å². The summed E-state index contributed by atoms with van der Waals surface area (Å²) in [7, 11) is 0. The minimum absolute atomic E-state index is 0.559. The van der Waals surface area contributed by atoms with E-state index in [0.717, 1.165) is 23.4 Å². The largest absolute Gasteiger partial charge is 0.492 e. The molecule has 0 fully saturated rings. The molecule has 0 aliphatic rings. The van der Waals surface area contributed by atoms with Gasteiger partial charge >= 0.3 is 0 Å². The Morgan fingerprint density at radius 1 is 1.06 bits per heavy atom. The Morgan fingerprint density at radius 2 is 1.59 bits per heavy atom. The highest BCUT2D eigenvalue weighted by atomic mass is 79.9. The minimum atomic E-state index is 0.559. The van der Waals surface area contributed by atoms with Crippen molar-refractivity contribution in [1.82, 2.24) is 4.90 Å². The minimum Gasteiger partial charge on any atom is -0.492 e. The Morgan fingerprint density at radius 3 is 2.06 bits per heavy atom. The monoisotopic (exact) mass is 299 g/mol. The van der Waals surface area contributed by atoms with E-state index in [1.807, 2.05) is 24.3 Å². The molecule has 0 spiro atoms. The van der Waals surface area contributed by atoms with E-state index in [1.165, 1.54) is 0 Å². The second kappa shape index (κ2) is 7.02. The van der Waals surface area contributed by atoms with Crippen LogP contribution in [0.3, 0.4) is 0 Å². The highest BCUT2D eigenvalue weighted by Crippen LogP contribution is 2.16. The lowest BCUT2D eigenvalue weighted by atomic mass is 10.2. The molecule has 1 aromatic rings. The molecule has 1 rings (SSSR count). The zero-order chi connectivity index (χ0) is 12.8. The Hall–Kier alpha value is -0.540. The second-order valence-electron chi connectivity index (χ2n) is 4.73. The number of benzene rings is 1. The van der Waals surface area contributed by atoms with Gasteiger partial charge in [0.25, 0.3) is 0 Å². The fourth-order valence-corrected chi connectivity index (χ4v) is 2.18. The number of hydrogen-bond acceptors (Lipinski definition) is 2. The van der Waals surface area contributed by atoms with Crippen LogP contribution < -0.4 is 4.74 Å². The van der Waals surface area contributed by atoms with Crippen molar-refractivity contribution in [2.24, 2.45) is 0 Å². The molecule has 3 heteroatoms.